The second-order valence-corrected chi connectivity index (χ2v) is 5.88. The minimum absolute atomic E-state index is 0.137. The molecule has 2 aromatic rings. The minimum atomic E-state index is 0.137. The van der Waals surface area contributed by atoms with Crippen LogP contribution >= 0.6 is 0 Å². The van der Waals surface area contributed by atoms with Gasteiger partial charge in [-0.15, -0.1) is 0 Å². The average Bonchev–Trinajstić information content (AvgIpc) is 2.59. The number of benzene rings is 2. The highest BCUT2D eigenvalue weighted by molar-refractivity contribution is 5.85. The van der Waals surface area contributed by atoms with Gasteiger partial charge in [-0.1, -0.05) is 42.5 Å². The molecule has 1 amide bonds. The van der Waals surface area contributed by atoms with Gasteiger partial charge in [0.25, 0.3) is 0 Å². The molecule has 0 aromatic heterocycles. The van der Waals surface area contributed by atoms with Crippen molar-refractivity contribution in [1.29, 1.82) is 0 Å². The molecule has 1 aliphatic rings. The average molecular weight is 297 g/mol. The standard InChI is InChI=1S/C19H23NO2/c21-19(20-12-4-1-5-13-20)15-22-14-11-17-9-6-8-16-7-2-3-10-18(16)17/h2-3,6-10H,1,4-5,11-15H2. The molecule has 0 aliphatic carbocycles. The van der Waals surface area contributed by atoms with Crippen LogP contribution in [-0.4, -0.2) is 37.1 Å². The van der Waals surface area contributed by atoms with E-state index in [9.17, 15) is 4.79 Å². The van der Waals surface area contributed by atoms with Gasteiger partial charge in [0, 0.05) is 13.1 Å². The SMILES string of the molecule is O=C(COCCc1cccc2ccccc12)N1CCCCC1. The van der Waals surface area contributed by atoms with E-state index >= 15 is 0 Å². The van der Waals surface area contributed by atoms with Gasteiger partial charge in [0.2, 0.25) is 5.91 Å². The molecule has 0 radical (unpaired) electrons. The normalized spacial score (nSPS) is 15.2. The molecule has 22 heavy (non-hydrogen) atoms. The van der Waals surface area contributed by atoms with Crippen LogP contribution in [0.5, 0.6) is 0 Å². The molecule has 116 valence electrons. The lowest BCUT2D eigenvalue weighted by Crippen LogP contribution is -2.38. The number of amides is 1. The first-order valence-electron chi connectivity index (χ1n) is 8.17. The molecule has 3 rings (SSSR count). The Hall–Kier alpha value is -1.87. The highest BCUT2D eigenvalue weighted by Gasteiger charge is 2.16. The second-order valence-electron chi connectivity index (χ2n) is 5.88. The summed E-state index contributed by atoms with van der Waals surface area (Å²) in [6.07, 6.45) is 4.34. The Morgan fingerprint density at radius 1 is 1.00 bits per heavy atom. The molecular weight excluding hydrogens is 274 g/mol. The lowest BCUT2D eigenvalue weighted by atomic mass is 10.0. The van der Waals surface area contributed by atoms with E-state index in [0.29, 0.717) is 6.61 Å². The maximum atomic E-state index is 12.0. The van der Waals surface area contributed by atoms with Crippen molar-refractivity contribution in [2.24, 2.45) is 0 Å². The van der Waals surface area contributed by atoms with Gasteiger partial charge in [0.15, 0.2) is 0 Å². The molecule has 0 atom stereocenters. The number of carbonyl (C=O) groups excluding carboxylic acids is 1. The third-order valence-corrected chi connectivity index (χ3v) is 4.33. The van der Waals surface area contributed by atoms with E-state index < -0.39 is 0 Å². The van der Waals surface area contributed by atoms with Gasteiger partial charge in [-0.05, 0) is 42.0 Å². The summed E-state index contributed by atoms with van der Waals surface area (Å²) in [4.78, 5) is 14.0. The van der Waals surface area contributed by atoms with Crippen LogP contribution in [-0.2, 0) is 16.0 Å². The van der Waals surface area contributed by atoms with E-state index in [1.807, 2.05) is 4.90 Å². The molecule has 1 aliphatic heterocycles. The number of hydrogen-bond acceptors (Lipinski definition) is 2. The fraction of sp³-hybridized carbons (Fsp3) is 0.421. The van der Waals surface area contributed by atoms with Gasteiger partial charge < -0.3 is 9.64 Å². The van der Waals surface area contributed by atoms with E-state index in [2.05, 4.69) is 42.5 Å². The number of carbonyl (C=O) groups is 1. The Morgan fingerprint density at radius 2 is 1.77 bits per heavy atom. The van der Waals surface area contributed by atoms with Crippen LogP contribution in [0.25, 0.3) is 10.8 Å². The number of nitrogens with zero attached hydrogens (tertiary/aromatic N) is 1. The van der Waals surface area contributed by atoms with Crippen LogP contribution in [0.3, 0.4) is 0 Å². The minimum Gasteiger partial charge on any atom is -0.371 e. The van der Waals surface area contributed by atoms with Crippen LogP contribution in [0.4, 0.5) is 0 Å². The van der Waals surface area contributed by atoms with E-state index in [1.165, 1.54) is 22.8 Å². The van der Waals surface area contributed by atoms with Crippen LogP contribution in [0.1, 0.15) is 24.8 Å². The van der Waals surface area contributed by atoms with E-state index in [1.54, 1.807) is 0 Å². The third kappa shape index (κ3) is 3.66. The van der Waals surface area contributed by atoms with Crippen LogP contribution in [0, 0.1) is 0 Å². The van der Waals surface area contributed by atoms with E-state index in [0.717, 1.165) is 32.4 Å². The number of hydrogen-bond donors (Lipinski definition) is 0. The lowest BCUT2D eigenvalue weighted by molar-refractivity contribution is -0.137. The Balaban J connectivity index is 1.49. The summed E-state index contributed by atoms with van der Waals surface area (Å²) in [6.45, 7) is 2.59. The lowest BCUT2D eigenvalue weighted by Gasteiger charge is -2.26. The first kappa shape index (κ1) is 15.0. The Bertz CT molecular complexity index is 627. The monoisotopic (exact) mass is 297 g/mol. The summed E-state index contributed by atoms with van der Waals surface area (Å²) in [5, 5.41) is 2.53. The molecule has 1 heterocycles. The smallest absolute Gasteiger partial charge is 0.248 e. The van der Waals surface area contributed by atoms with Crippen LogP contribution in [0.15, 0.2) is 42.5 Å². The van der Waals surface area contributed by atoms with Crippen molar-refractivity contribution in [2.45, 2.75) is 25.7 Å². The fourth-order valence-corrected chi connectivity index (χ4v) is 3.09. The number of likely N-dealkylation sites (tertiary alicyclic amines) is 1. The molecule has 3 nitrogen and oxygen atoms in total. The predicted octanol–water partition coefficient (Wildman–Crippen LogP) is 3.41. The van der Waals surface area contributed by atoms with Crippen molar-refractivity contribution in [1.82, 2.24) is 4.90 Å². The molecule has 1 fully saturated rings. The zero-order chi connectivity index (χ0) is 15.2. The van der Waals surface area contributed by atoms with Crippen LogP contribution in [0.2, 0.25) is 0 Å². The van der Waals surface area contributed by atoms with Gasteiger partial charge in [0.05, 0.1) is 6.61 Å². The van der Waals surface area contributed by atoms with Crippen molar-refractivity contribution >= 4 is 16.7 Å². The molecule has 1 saturated heterocycles. The first-order valence-corrected chi connectivity index (χ1v) is 8.17. The number of rotatable bonds is 5. The number of fused-ring (bicyclic) bond motifs is 1. The van der Waals surface area contributed by atoms with Crippen LogP contribution < -0.4 is 0 Å². The Morgan fingerprint density at radius 3 is 2.64 bits per heavy atom. The summed E-state index contributed by atoms with van der Waals surface area (Å²) in [7, 11) is 0. The molecule has 0 N–H and O–H groups in total. The summed E-state index contributed by atoms with van der Waals surface area (Å²) < 4.78 is 5.61. The highest BCUT2D eigenvalue weighted by atomic mass is 16.5. The van der Waals surface area contributed by atoms with Crippen molar-refractivity contribution < 1.29 is 9.53 Å². The summed E-state index contributed by atoms with van der Waals surface area (Å²) in [5.41, 5.74) is 1.28. The zero-order valence-electron chi connectivity index (χ0n) is 13.0. The summed E-state index contributed by atoms with van der Waals surface area (Å²) in [5.74, 6) is 0.137. The fourth-order valence-electron chi connectivity index (χ4n) is 3.09. The van der Waals surface area contributed by atoms with E-state index in [-0.39, 0.29) is 12.5 Å². The maximum Gasteiger partial charge on any atom is 0.248 e. The molecular formula is C19H23NO2. The first-order chi connectivity index (χ1) is 10.8. The summed E-state index contributed by atoms with van der Waals surface area (Å²) in [6, 6.07) is 14.7. The Labute approximate surface area is 131 Å². The highest BCUT2D eigenvalue weighted by Crippen LogP contribution is 2.18. The van der Waals surface area contributed by atoms with Crippen molar-refractivity contribution in [3.8, 4) is 0 Å². The molecule has 2 aromatic carbocycles. The molecule has 0 spiro atoms. The topological polar surface area (TPSA) is 29.5 Å². The quantitative estimate of drug-likeness (QED) is 0.792. The molecule has 0 unspecified atom stereocenters. The number of ether oxygens (including phenoxy) is 1. The van der Waals surface area contributed by atoms with Gasteiger partial charge in [-0.3, -0.25) is 4.79 Å². The van der Waals surface area contributed by atoms with Crippen molar-refractivity contribution in [3.63, 3.8) is 0 Å². The van der Waals surface area contributed by atoms with Gasteiger partial charge >= 0.3 is 0 Å². The predicted molar refractivity (Wildman–Crippen MR) is 88.9 cm³/mol. The van der Waals surface area contributed by atoms with Gasteiger partial charge in [-0.2, -0.15) is 0 Å². The largest absolute Gasteiger partial charge is 0.371 e. The maximum absolute atomic E-state index is 12.0. The van der Waals surface area contributed by atoms with E-state index in [4.69, 9.17) is 4.74 Å². The van der Waals surface area contributed by atoms with Gasteiger partial charge in [-0.25, -0.2) is 0 Å². The Kier molecular flexibility index (Phi) is 5.07. The van der Waals surface area contributed by atoms with Gasteiger partial charge in [0.1, 0.15) is 6.61 Å². The van der Waals surface area contributed by atoms with Crippen molar-refractivity contribution in [2.75, 3.05) is 26.3 Å². The molecule has 0 saturated carbocycles. The molecule has 3 heteroatoms. The summed E-state index contributed by atoms with van der Waals surface area (Å²) >= 11 is 0. The number of piperidine rings is 1. The van der Waals surface area contributed by atoms with Crippen molar-refractivity contribution in [3.05, 3.63) is 48.0 Å². The molecule has 0 bridgehead atoms. The second kappa shape index (κ2) is 7.41. The third-order valence-electron chi connectivity index (χ3n) is 4.33. The zero-order valence-corrected chi connectivity index (χ0v) is 13.0.